The van der Waals surface area contributed by atoms with Crippen molar-refractivity contribution in [3.8, 4) is 0 Å². The third kappa shape index (κ3) is 3.43. The van der Waals surface area contributed by atoms with Crippen molar-refractivity contribution in [2.45, 2.75) is 33.7 Å². The summed E-state index contributed by atoms with van der Waals surface area (Å²) in [6.45, 7) is 8.08. The predicted octanol–water partition coefficient (Wildman–Crippen LogP) is 5.83. The van der Waals surface area contributed by atoms with Gasteiger partial charge in [-0.1, -0.05) is 12.1 Å². The van der Waals surface area contributed by atoms with Crippen LogP contribution in [-0.2, 0) is 0 Å². The molecule has 0 radical (unpaired) electrons. The lowest BCUT2D eigenvalue weighted by Crippen LogP contribution is -2.10. The second-order valence-corrected chi connectivity index (χ2v) is 6.26. The van der Waals surface area contributed by atoms with Crippen LogP contribution in [-0.4, -0.2) is 0 Å². The molecule has 0 saturated heterocycles. The van der Waals surface area contributed by atoms with Gasteiger partial charge in [0.1, 0.15) is 11.6 Å². The molecule has 1 unspecified atom stereocenters. The maximum atomic E-state index is 13.9. The van der Waals surface area contributed by atoms with E-state index in [1.807, 2.05) is 20.8 Å². The molecule has 21 heavy (non-hydrogen) atoms. The quantitative estimate of drug-likeness (QED) is 0.685. The fourth-order valence-electron chi connectivity index (χ4n) is 2.39. The zero-order valence-corrected chi connectivity index (χ0v) is 14.1. The molecule has 2 rings (SSSR count). The minimum atomic E-state index is -0.483. The lowest BCUT2D eigenvalue weighted by molar-refractivity contribution is 0.595. The van der Waals surface area contributed by atoms with E-state index in [4.69, 9.17) is 0 Å². The van der Waals surface area contributed by atoms with Crippen LogP contribution in [0.3, 0.4) is 0 Å². The number of hydrogen-bond donors (Lipinski definition) is 1. The molecule has 0 amide bonds. The van der Waals surface area contributed by atoms with E-state index in [0.29, 0.717) is 0 Å². The molecule has 1 nitrogen and oxygen atoms in total. The number of halogens is 3. The van der Waals surface area contributed by atoms with Gasteiger partial charge >= 0.3 is 0 Å². The van der Waals surface area contributed by atoms with Crippen LogP contribution >= 0.6 is 15.9 Å². The highest BCUT2D eigenvalue weighted by Crippen LogP contribution is 2.28. The van der Waals surface area contributed by atoms with Crippen LogP contribution in [0.4, 0.5) is 14.5 Å². The molecule has 0 fully saturated rings. The number of anilines is 1. The fourth-order valence-corrected chi connectivity index (χ4v) is 2.71. The van der Waals surface area contributed by atoms with E-state index < -0.39 is 11.6 Å². The van der Waals surface area contributed by atoms with Gasteiger partial charge in [0.05, 0.1) is 10.2 Å². The first kappa shape index (κ1) is 16.0. The molecule has 2 aromatic carbocycles. The molecule has 112 valence electrons. The smallest absolute Gasteiger partial charge is 0.147 e. The summed E-state index contributed by atoms with van der Waals surface area (Å²) in [6.07, 6.45) is 0. The molecule has 0 saturated carbocycles. The Labute approximate surface area is 132 Å². The van der Waals surface area contributed by atoms with E-state index >= 15 is 0 Å². The lowest BCUT2D eigenvalue weighted by atomic mass is 9.96. The average molecular weight is 354 g/mol. The topological polar surface area (TPSA) is 12.0 Å². The summed E-state index contributed by atoms with van der Waals surface area (Å²) < 4.78 is 27.6. The molecule has 1 atom stereocenters. The average Bonchev–Trinajstić information content (AvgIpc) is 2.40. The SMILES string of the molecule is Cc1cc(C)c(C(C)Nc2cc(F)c(Br)cc2F)cc1C. The molecule has 0 aromatic heterocycles. The third-order valence-corrected chi connectivity index (χ3v) is 4.34. The van der Waals surface area contributed by atoms with Crippen LogP contribution in [0.15, 0.2) is 28.7 Å². The van der Waals surface area contributed by atoms with Crippen LogP contribution in [0, 0.1) is 32.4 Å². The summed E-state index contributed by atoms with van der Waals surface area (Å²) in [4.78, 5) is 0. The first-order chi connectivity index (χ1) is 9.79. The van der Waals surface area contributed by atoms with Crippen LogP contribution in [0.2, 0.25) is 0 Å². The molecule has 2 aromatic rings. The maximum Gasteiger partial charge on any atom is 0.147 e. The molecular formula is C17H18BrF2N. The Morgan fingerprint density at radius 2 is 1.52 bits per heavy atom. The van der Waals surface area contributed by atoms with Crippen LogP contribution in [0.5, 0.6) is 0 Å². The van der Waals surface area contributed by atoms with Crippen LogP contribution in [0.1, 0.15) is 35.2 Å². The fraction of sp³-hybridized carbons (Fsp3) is 0.294. The van der Waals surface area contributed by atoms with E-state index in [1.165, 1.54) is 17.2 Å². The predicted molar refractivity (Wildman–Crippen MR) is 86.7 cm³/mol. The largest absolute Gasteiger partial charge is 0.376 e. The van der Waals surface area contributed by atoms with Gasteiger partial charge in [0.2, 0.25) is 0 Å². The van der Waals surface area contributed by atoms with Crippen molar-refractivity contribution in [2.24, 2.45) is 0 Å². The van der Waals surface area contributed by atoms with Crippen molar-refractivity contribution in [3.05, 3.63) is 62.6 Å². The minimum absolute atomic E-state index is 0.112. The Morgan fingerprint density at radius 3 is 2.19 bits per heavy atom. The van der Waals surface area contributed by atoms with Gasteiger partial charge in [0.25, 0.3) is 0 Å². The van der Waals surface area contributed by atoms with Crippen molar-refractivity contribution >= 4 is 21.6 Å². The van der Waals surface area contributed by atoms with Gasteiger partial charge < -0.3 is 5.32 Å². The Kier molecular flexibility index (Phi) is 4.67. The molecular weight excluding hydrogens is 336 g/mol. The number of nitrogens with one attached hydrogen (secondary N) is 1. The monoisotopic (exact) mass is 353 g/mol. The molecule has 0 aliphatic heterocycles. The van der Waals surface area contributed by atoms with E-state index in [2.05, 4.69) is 40.3 Å². The number of rotatable bonds is 3. The van der Waals surface area contributed by atoms with Gasteiger partial charge in [-0.15, -0.1) is 0 Å². The molecule has 0 heterocycles. The summed E-state index contributed by atoms with van der Waals surface area (Å²) in [6, 6.07) is 6.40. The summed E-state index contributed by atoms with van der Waals surface area (Å²) in [7, 11) is 0. The summed E-state index contributed by atoms with van der Waals surface area (Å²) in [5.41, 5.74) is 4.80. The molecule has 4 heteroatoms. The molecule has 0 aliphatic carbocycles. The summed E-state index contributed by atoms with van der Waals surface area (Å²) in [5, 5.41) is 3.05. The van der Waals surface area contributed by atoms with Gasteiger partial charge in [-0.05, 0) is 71.9 Å². The lowest BCUT2D eigenvalue weighted by Gasteiger charge is -2.20. The highest BCUT2D eigenvalue weighted by Gasteiger charge is 2.14. The maximum absolute atomic E-state index is 13.9. The van der Waals surface area contributed by atoms with E-state index in [1.54, 1.807) is 0 Å². The van der Waals surface area contributed by atoms with Gasteiger partial charge in [-0.25, -0.2) is 8.78 Å². The highest BCUT2D eigenvalue weighted by molar-refractivity contribution is 9.10. The summed E-state index contributed by atoms with van der Waals surface area (Å²) in [5.74, 6) is -0.959. The van der Waals surface area contributed by atoms with Crippen molar-refractivity contribution in [2.75, 3.05) is 5.32 Å². The first-order valence-electron chi connectivity index (χ1n) is 6.78. The van der Waals surface area contributed by atoms with Gasteiger partial charge in [-0.3, -0.25) is 0 Å². The highest BCUT2D eigenvalue weighted by atomic mass is 79.9. The van der Waals surface area contributed by atoms with Crippen LogP contribution < -0.4 is 5.32 Å². The zero-order valence-electron chi connectivity index (χ0n) is 12.5. The number of aryl methyl sites for hydroxylation is 3. The van der Waals surface area contributed by atoms with Crippen molar-refractivity contribution in [1.82, 2.24) is 0 Å². The van der Waals surface area contributed by atoms with E-state index in [0.717, 1.165) is 17.2 Å². The first-order valence-corrected chi connectivity index (χ1v) is 7.57. The number of benzene rings is 2. The second kappa shape index (κ2) is 6.14. The number of hydrogen-bond acceptors (Lipinski definition) is 1. The van der Waals surface area contributed by atoms with Crippen molar-refractivity contribution < 1.29 is 8.78 Å². The van der Waals surface area contributed by atoms with Crippen molar-refractivity contribution in [1.29, 1.82) is 0 Å². The van der Waals surface area contributed by atoms with Crippen molar-refractivity contribution in [3.63, 3.8) is 0 Å². The van der Waals surface area contributed by atoms with Crippen LogP contribution in [0.25, 0.3) is 0 Å². The minimum Gasteiger partial charge on any atom is -0.376 e. The second-order valence-electron chi connectivity index (χ2n) is 5.41. The van der Waals surface area contributed by atoms with E-state index in [-0.39, 0.29) is 16.2 Å². The Balaban J connectivity index is 2.32. The normalized spacial score (nSPS) is 12.3. The Bertz CT molecular complexity index is 683. The molecule has 0 spiro atoms. The Morgan fingerprint density at radius 1 is 0.905 bits per heavy atom. The van der Waals surface area contributed by atoms with Gasteiger partial charge in [-0.2, -0.15) is 0 Å². The summed E-state index contributed by atoms with van der Waals surface area (Å²) >= 11 is 2.98. The Hall–Kier alpha value is -1.42. The van der Waals surface area contributed by atoms with E-state index in [9.17, 15) is 8.78 Å². The van der Waals surface area contributed by atoms with Gasteiger partial charge in [0.15, 0.2) is 0 Å². The van der Waals surface area contributed by atoms with Gasteiger partial charge in [0, 0.05) is 12.1 Å². The molecule has 1 N–H and O–H groups in total. The third-order valence-electron chi connectivity index (χ3n) is 3.73. The molecule has 0 aliphatic rings. The zero-order chi connectivity index (χ0) is 15.7. The standard InChI is InChI=1S/C17H18BrF2N/c1-9-5-11(3)13(6-10(9)2)12(4)21-17-8-15(19)14(18)7-16(17)20/h5-8,12,21H,1-4H3. The molecule has 0 bridgehead atoms.